The number of carboxylic acid groups (broad SMARTS) is 1. The topological polar surface area (TPSA) is 61.8 Å². The molecule has 1 heterocycles. The Morgan fingerprint density at radius 2 is 1.65 bits per heavy atom. The van der Waals surface area contributed by atoms with Gasteiger partial charge in [0.2, 0.25) is 0 Å². The molecule has 3 aromatic carbocycles. The van der Waals surface area contributed by atoms with Crippen LogP contribution in [0.2, 0.25) is 5.02 Å². The molecule has 0 aromatic heterocycles. The molecule has 1 aliphatic heterocycles. The van der Waals surface area contributed by atoms with Crippen LogP contribution in [0.1, 0.15) is 23.5 Å². The Hall–Kier alpha value is -3.02. The summed E-state index contributed by atoms with van der Waals surface area (Å²) in [5.74, 6) is 1.62. The Balaban J connectivity index is 1.42. The van der Waals surface area contributed by atoms with Crippen LogP contribution in [0.3, 0.4) is 0 Å². The van der Waals surface area contributed by atoms with Crippen molar-refractivity contribution in [2.45, 2.75) is 25.0 Å². The minimum absolute atomic E-state index is 0.0913. The first-order valence-electron chi connectivity index (χ1n) is 10.2. The maximum atomic E-state index is 11.4. The second kappa shape index (κ2) is 9.86. The number of carbonyl (C=O) groups excluding carboxylic acids is 1. The Morgan fingerprint density at radius 1 is 0.968 bits per heavy atom. The molecule has 0 N–H and O–H groups in total. The maximum absolute atomic E-state index is 11.4. The van der Waals surface area contributed by atoms with Gasteiger partial charge in [0, 0.05) is 24.0 Å². The third-order valence-electron chi connectivity index (χ3n) is 5.48. The van der Waals surface area contributed by atoms with Crippen molar-refractivity contribution in [3.8, 4) is 11.5 Å². The van der Waals surface area contributed by atoms with Gasteiger partial charge in [0.25, 0.3) is 0 Å². The molecule has 5 nitrogen and oxygen atoms in total. The van der Waals surface area contributed by atoms with Crippen LogP contribution in [0.5, 0.6) is 11.5 Å². The predicted octanol–water partition coefficient (Wildman–Crippen LogP) is 4.85. The first-order chi connectivity index (χ1) is 15.1. The SMILES string of the molecule is O=C([O-])N1CCC(c2ccc(Cl)cc2)C(OCc2ccc(Oc3ccccc3)cc2)C1. The minimum Gasteiger partial charge on any atom is -0.530 e. The number of halogens is 1. The van der Waals surface area contributed by atoms with E-state index >= 15 is 0 Å². The van der Waals surface area contributed by atoms with E-state index in [4.69, 9.17) is 21.1 Å². The number of ether oxygens (including phenoxy) is 2. The maximum Gasteiger partial charge on any atom is 0.137 e. The van der Waals surface area contributed by atoms with Crippen LogP contribution in [0, 0.1) is 0 Å². The van der Waals surface area contributed by atoms with Crippen LogP contribution in [0.25, 0.3) is 0 Å². The molecule has 1 saturated heterocycles. The number of carbonyl (C=O) groups is 1. The zero-order chi connectivity index (χ0) is 21.6. The summed E-state index contributed by atoms with van der Waals surface area (Å²) < 4.78 is 12.0. The Kier molecular flexibility index (Phi) is 6.75. The predicted molar refractivity (Wildman–Crippen MR) is 117 cm³/mol. The van der Waals surface area contributed by atoms with Gasteiger partial charge in [-0.05, 0) is 53.9 Å². The summed E-state index contributed by atoms with van der Waals surface area (Å²) in [5, 5.41) is 12.0. The Morgan fingerprint density at radius 3 is 2.32 bits per heavy atom. The molecule has 160 valence electrons. The number of piperidine rings is 1. The number of amides is 1. The third kappa shape index (κ3) is 5.57. The summed E-state index contributed by atoms with van der Waals surface area (Å²) in [6.45, 7) is 1.09. The van der Waals surface area contributed by atoms with Crippen LogP contribution in [-0.4, -0.2) is 30.2 Å². The van der Waals surface area contributed by atoms with E-state index in [1.807, 2.05) is 78.9 Å². The standard InChI is InChI=1S/C25H24ClNO4/c26-20-10-8-19(9-11-20)23-14-15-27(25(28)29)16-24(23)30-17-18-6-12-22(13-7-18)31-21-4-2-1-3-5-21/h1-13,23-24H,14-17H2,(H,28,29)/p-1. The normalized spacial score (nSPS) is 18.5. The fourth-order valence-corrected chi connectivity index (χ4v) is 3.95. The summed E-state index contributed by atoms with van der Waals surface area (Å²) in [5.41, 5.74) is 2.08. The largest absolute Gasteiger partial charge is 0.530 e. The molecule has 2 atom stereocenters. The van der Waals surface area contributed by atoms with Crippen LogP contribution >= 0.6 is 11.6 Å². The summed E-state index contributed by atoms with van der Waals surface area (Å²) in [6.07, 6.45) is -0.761. The summed E-state index contributed by atoms with van der Waals surface area (Å²) in [4.78, 5) is 12.7. The highest BCUT2D eigenvalue weighted by Crippen LogP contribution is 2.32. The lowest BCUT2D eigenvalue weighted by Gasteiger charge is -2.40. The molecule has 3 aromatic rings. The number of nitrogens with zero attached hydrogens (tertiary/aromatic N) is 1. The van der Waals surface area contributed by atoms with E-state index in [-0.39, 0.29) is 18.6 Å². The molecule has 1 aliphatic rings. The van der Waals surface area contributed by atoms with E-state index in [1.165, 1.54) is 4.90 Å². The van der Waals surface area contributed by atoms with Gasteiger partial charge in [0.05, 0.1) is 12.7 Å². The van der Waals surface area contributed by atoms with E-state index < -0.39 is 6.09 Å². The number of hydrogen-bond donors (Lipinski definition) is 0. The lowest BCUT2D eigenvalue weighted by molar-refractivity contribution is -0.268. The molecule has 1 amide bonds. The highest BCUT2D eigenvalue weighted by Gasteiger charge is 2.31. The smallest absolute Gasteiger partial charge is 0.137 e. The van der Waals surface area contributed by atoms with E-state index in [0.717, 1.165) is 22.6 Å². The summed E-state index contributed by atoms with van der Waals surface area (Å²) >= 11 is 6.02. The number of hydrogen-bond acceptors (Lipinski definition) is 4. The summed E-state index contributed by atoms with van der Waals surface area (Å²) in [6, 6.07) is 25.0. The van der Waals surface area contributed by atoms with Crippen molar-refractivity contribution in [3.63, 3.8) is 0 Å². The molecule has 0 radical (unpaired) electrons. The zero-order valence-electron chi connectivity index (χ0n) is 16.9. The van der Waals surface area contributed by atoms with Gasteiger partial charge in [0.15, 0.2) is 0 Å². The zero-order valence-corrected chi connectivity index (χ0v) is 17.7. The number of rotatable bonds is 6. The van der Waals surface area contributed by atoms with Gasteiger partial charge >= 0.3 is 0 Å². The van der Waals surface area contributed by atoms with E-state index in [9.17, 15) is 9.90 Å². The average Bonchev–Trinajstić information content (AvgIpc) is 2.80. The molecule has 0 bridgehead atoms. The van der Waals surface area contributed by atoms with Crippen molar-refractivity contribution in [2.24, 2.45) is 0 Å². The fourth-order valence-electron chi connectivity index (χ4n) is 3.82. The summed E-state index contributed by atoms with van der Waals surface area (Å²) in [7, 11) is 0. The molecular formula is C25H23ClNO4-. The first-order valence-corrected chi connectivity index (χ1v) is 10.6. The van der Waals surface area contributed by atoms with Crippen molar-refractivity contribution in [1.29, 1.82) is 0 Å². The lowest BCUT2D eigenvalue weighted by Crippen LogP contribution is -2.51. The molecule has 6 heteroatoms. The number of para-hydroxylation sites is 1. The van der Waals surface area contributed by atoms with Crippen LogP contribution in [-0.2, 0) is 11.3 Å². The molecule has 4 rings (SSSR count). The highest BCUT2D eigenvalue weighted by molar-refractivity contribution is 6.30. The highest BCUT2D eigenvalue weighted by atomic mass is 35.5. The van der Waals surface area contributed by atoms with Gasteiger partial charge in [0.1, 0.15) is 17.6 Å². The van der Waals surface area contributed by atoms with Crippen molar-refractivity contribution in [2.75, 3.05) is 13.1 Å². The molecule has 2 unspecified atom stereocenters. The molecule has 0 aliphatic carbocycles. The van der Waals surface area contributed by atoms with E-state index in [1.54, 1.807) is 0 Å². The number of likely N-dealkylation sites (tertiary alicyclic amines) is 1. The van der Waals surface area contributed by atoms with Crippen LogP contribution in [0.4, 0.5) is 4.79 Å². The van der Waals surface area contributed by atoms with Crippen LogP contribution < -0.4 is 9.84 Å². The molecular weight excluding hydrogens is 414 g/mol. The van der Waals surface area contributed by atoms with Gasteiger partial charge < -0.3 is 24.3 Å². The van der Waals surface area contributed by atoms with Crippen molar-refractivity contribution < 1.29 is 19.4 Å². The second-order valence-electron chi connectivity index (χ2n) is 7.57. The van der Waals surface area contributed by atoms with Crippen LogP contribution in [0.15, 0.2) is 78.9 Å². The lowest BCUT2D eigenvalue weighted by atomic mass is 9.87. The quantitative estimate of drug-likeness (QED) is 0.554. The molecule has 1 fully saturated rings. The molecule has 0 spiro atoms. The van der Waals surface area contributed by atoms with Crippen molar-refractivity contribution in [3.05, 3.63) is 95.0 Å². The fraction of sp³-hybridized carbons (Fsp3) is 0.240. The van der Waals surface area contributed by atoms with Gasteiger partial charge in [-0.3, -0.25) is 0 Å². The molecule has 31 heavy (non-hydrogen) atoms. The van der Waals surface area contributed by atoms with Gasteiger partial charge in [-0.1, -0.05) is 54.1 Å². The minimum atomic E-state index is -1.16. The molecule has 0 saturated carbocycles. The Labute approximate surface area is 186 Å². The monoisotopic (exact) mass is 436 g/mol. The second-order valence-corrected chi connectivity index (χ2v) is 8.00. The van der Waals surface area contributed by atoms with Crippen molar-refractivity contribution in [1.82, 2.24) is 4.90 Å². The number of benzene rings is 3. The van der Waals surface area contributed by atoms with Gasteiger partial charge in [-0.15, -0.1) is 0 Å². The van der Waals surface area contributed by atoms with Crippen molar-refractivity contribution >= 4 is 17.7 Å². The van der Waals surface area contributed by atoms with Gasteiger partial charge in [-0.2, -0.15) is 0 Å². The van der Waals surface area contributed by atoms with Gasteiger partial charge in [-0.25, -0.2) is 0 Å². The third-order valence-corrected chi connectivity index (χ3v) is 5.73. The average molecular weight is 437 g/mol. The first kappa shape index (κ1) is 21.2. The Bertz CT molecular complexity index is 992. The van der Waals surface area contributed by atoms with E-state index in [2.05, 4.69) is 0 Å². The van der Waals surface area contributed by atoms with E-state index in [0.29, 0.717) is 24.6 Å².